The molecule has 1 aromatic heterocycles. The predicted molar refractivity (Wildman–Crippen MR) is 53.0 cm³/mol. The van der Waals surface area contributed by atoms with E-state index < -0.39 is 6.10 Å². The van der Waals surface area contributed by atoms with Crippen LogP contribution in [0.5, 0.6) is 0 Å². The van der Waals surface area contributed by atoms with Crippen LogP contribution < -0.4 is 0 Å². The molecule has 74 valence electrons. The van der Waals surface area contributed by atoms with Crippen LogP contribution in [0.2, 0.25) is 0 Å². The number of rotatable bonds is 3. The van der Waals surface area contributed by atoms with E-state index in [1.54, 1.807) is 4.68 Å². The summed E-state index contributed by atoms with van der Waals surface area (Å²) >= 11 is 4.98. The molecule has 0 fully saturated rings. The molecule has 0 amide bonds. The average molecular weight is 201 g/mol. The summed E-state index contributed by atoms with van der Waals surface area (Å²) in [7, 11) is 0. The quantitative estimate of drug-likeness (QED) is 0.729. The Balaban J connectivity index is 2.85. The number of aliphatic hydroxyl groups is 1. The molecule has 0 aliphatic rings. The monoisotopic (exact) mass is 201 g/mol. The van der Waals surface area contributed by atoms with Gasteiger partial charge in [0.15, 0.2) is 0 Å². The molecule has 2 unspecified atom stereocenters. The summed E-state index contributed by atoms with van der Waals surface area (Å²) in [5.74, 6) is 0.209. The summed E-state index contributed by atoms with van der Waals surface area (Å²) in [5, 5.41) is 12.7. The lowest BCUT2D eigenvalue weighted by atomic mass is 10.0. The molecule has 13 heavy (non-hydrogen) atoms. The number of H-pyrrole nitrogens is 1. The first-order chi connectivity index (χ1) is 6.04. The summed E-state index contributed by atoms with van der Waals surface area (Å²) in [5.41, 5.74) is 0. The number of nitrogens with one attached hydrogen (secondary N) is 1. The van der Waals surface area contributed by atoms with Gasteiger partial charge in [-0.15, -0.1) is 0 Å². The first-order valence-corrected chi connectivity index (χ1v) is 4.75. The van der Waals surface area contributed by atoms with Crippen molar-refractivity contribution in [2.24, 2.45) is 5.92 Å². The van der Waals surface area contributed by atoms with Gasteiger partial charge in [-0.1, -0.05) is 13.8 Å². The molecular formula is C8H15N3OS. The Labute approximate surface area is 82.6 Å². The van der Waals surface area contributed by atoms with Crippen LogP contribution in [-0.2, 0) is 0 Å². The summed E-state index contributed by atoms with van der Waals surface area (Å²) in [4.78, 5) is 3.89. The molecule has 0 saturated heterocycles. The Kier molecular flexibility index (Phi) is 3.22. The highest BCUT2D eigenvalue weighted by Crippen LogP contribution is 2.16. The Bertz CT molecular complexity index is 317. The fraction of sp³-hybridized carbons (Fsp3) is 0.750. The Morgan fingerprint density at radius 1 is 1.54 bits per heavy atom. The van der Waals surface area contributed by atoms with Gasteiger partial charge in [0.05, 0.1) is 12.1 Å². The first kappa shape index (κ1) is 10.4. The lowest BCUT2D eigenvalue weighted by molar-refractivity contribution is 0.0711. The Hall–Kier alpha value is -0.680. The van der Waals surface area contributed by atoms with Crippen LogP contribution in [0.3, 0.4) is 0 Å². The molecule has 0 aliphatic heterocycles. The zero-order valence-corrected chi connectivity index (χ0v) is 8.88. The van der Waals surface area contributed by atoms with Crippen LogP contribution >= 0.6 is 12.2 Å². The highest BCUT2D eigenvalue weighted by Gasteiger charge is 2.19. The van der Waals surface area contributed by atoms with Gasteiger partial charge in [-0.2, -0.15) is 0 Å². The van der Waals surface area contributed by atoms with Gasteiger partial charge >= 0.3 is 0 Å². The highest BCUT2D eigenvalue weighted by molar-refractivity contribution is 7.71. The van der Waals surface area contributed by atoms with Gasteiger partial charge in [0.1, 0.15) is 6.33 Å². The maximum atomic E-state index is 9.78. The van der Waals surface area contributed by atoms with E-state index in [4.69, 9.17) is 12.2 Å². The molecule has 2 atom stereocenters. The fourth-order valence-electron chi connectivity index (χ4n) is 1.27. The van der Waals surface area contributed by atoms with Crippen molar-refractivity contribution in [1.82, 2.24) is 14.8 Å². The number of aliphatic hydroxyl groups excluding tert-OH is 1. The normalized spacial score (nSPS) is 16.1. The molecule has 1 aromatic rings. The van der Waals surface area contributed by atoms with Crippen molar-refractivity contribution < 1.29 is 5.11 Å². The van der Waals surface area contributed by atoms with E-state index in [0.717, 1.165) is 0 Å². The van der Waals surface area contributed by atoms with Crippen LogP contribution in [0.15, 0.2) is 6.33 Å². The van der Waals surface area contributed by atoms with E-state index >= 15 is 0 Å². The minimum absolute atomic E-state index is 0.0602. The number of hydrogen-bond donors (Lipinski definition) is 2. The van der Waals surface area contributed by atoms with E-state index in [9.17, 15) is 5.11 Å². The molecule has 0 bridgehead atoms. The SMILES string of the molecule is CC(C)C(O)C(C)n1[nH]cnc1=S. The maximum Gasteiger partial charge on any atom is 0.216 e. The van der Waals surface area contributed by atoms with Crippen molar-refractivity contribution >= 4 is 12.2 Å². The lowest BCUT2D eigenvalue weighted by Crippen LogP contribution is -2.27. The van der Waals surface area contributed by atoms with Crippen molar-refractivity contribution in [2.45, 2.75) is 32.9 Å². The second-order valence-electron chi connectivity index (χ2n) is 3.52. The number of nitrogens with zero attached hydrogens (tertiary/aromatic N) is 2. The number of aromatic amines is 1. The first-order valence-electron chi connectivity index (χ1n) is 4.34. The van der Waals surface area contributed by atoms with Crippen molar-refractivity contribution in [2.75, 3.05) is 0 Å². The molecule has 0 aliphatic carbocycles. The number of hydrogen-bond acceptors (Lipinski definition) is 3. The third kappa shape index (κ3) is 2.16. The van der Waals surface area contributed by atoms with Gasteiger partial charge in [-0.05, 0) is 25.1 Å². The van der Waals surface area contributed by atoms with Gasteiger partial charge in [0.2, 0.25) is 4.77 Å². The van der Waals surface area contributed by atoms with Gasteiger partial charge in [0, 0.05) is 0 Å². The van der Waals surface area contributed by atoms with E-state index in [1.165, 1.54) is 6.33 Å². The molecule has 0 radical (unpaired) electrons. The van der Waals surface area contributed by atoms with Gasteiger partial charge in [0.25, 0.3) is 0 Å². The molecule has 5 heteroatoms. The van der Waals surface area contributed by atoms with Crippen LogP contribution in [0, 0.1) is 10.7 Å². The second-order valence-corrected chi connectivity index (χ2v) is 3.88. The van der Waals surface area contributed by atoms with Crippen LogP contribution in [0.25, 0.3) is 0 Å². The fourth-order valence-corrected chi connectivity index (χ4v) is 1.54. The van der Waals surface area contributed by atoms with Crippen molar-refractivity contribution in [3.63, 3.8) is 0 Å². The van der Waals surface area contributed by atoms with Crippen molar-refractivity contribution in [3.8, 4) is 0 Å². The number of aromatic nitrogens is 3. The minimum atomic E-state index is -0.410. The zero-order chi connectivity index (χ0) is 10.0. The topological polar surface area (TPSA) is 53.8 Å². The van der Waals surface area contributed by atoms with E-state index in [2.05, 4.69) is 10.1 Å². The maximum absolute atomic E-state index is 9.78. The van der Waals surface area contributed by atoms with E-state index in [0.29, 0.717) is 4.77 Å². The lowest BCUT2D eigenvalue weighted by Gasteiger charge is -2.22. The van der Waals surface area contributed by atoms with Gasteiger partial charge < -0.3 is 5.11 Å². The third-order valence-corrected chi connectivity index (χ3v) is 2.46. The standard InChI is InChI=1S/C8H15N3OS/c1-5(2)7(12)6(3)11-8(13)9-4-10-11/h4-7,12H,1-3H3,(H,9,10,13). The highest BCUT2D eigenvalue weighted by atomic mass is 32.1. The van der Waals surface area contributed by atoms with Crippen molar-refractivity contribution in [3.05, 3.63) is 11.1 Å². The minimum Gasteiger partial charge on any atom is -0.391 e. The second kappa shape index (κ2) is 4.02. The zero-order valence-electron chi connectivity index (χ0n) is 8.06. The smallest absolute Gasteiger partial charge is 0.216 e. The molecule has 0 spiro atoms. The van der Waals surface area contributed by atoms with Crippen LogP contribution in [0.1, 0.15) is 26.8 Å². The summed E-state index contributed by atoms with van der Waals surface area (Å²) in [6, 6.07) is -0.0602. The summed E-state index contributed by atoms with van der Waals surface area (Å²) in [6.07, 6.45) is 1.12. The molecular weight excluding hydrogens is 186 g/mol. The van der Waals surface area contributed by atoms with Crippen LogP contribution in [0.4, 0.5) is 0 Å². The third-order valence-electron chi connectivity index (χ3n) is 2.16. The molecule has 1 heterocycles. The predicted octanol–water partition coefficient (Wildman–Crippen LogP) is 1.52. The molecule has 4 nitrogen and oxygen atoms in total. The van der Waals surface area contributed by atoms with E-state index in [-0.39, 0.29) is 12.0 Å². The Morgan fingerprint density at radius 3 is 2.54 bits per heavy atom. The van der Waals surface area contributed by atoms with Gasteiger partial charge in [-0.3, -0.25) is 9.78 Å². The molecule has 1 rings (SSSR count). The van der Waals surface area contributed by atoms with Gasteiger partial charge in [-0.25, -0.2) is 4.98 Å². The average Bonchev–Trinajstić information content (AvgIpc) is 2.48. The van der Waals surface area contributed by atoms with Crippen molar-refractivity contribution in [1.29, 1.82) is 0 Å². The van der Waals surface area contributed by atoms with E-state index in [1.807, 2.05) is 20.8 Å². The molecule has 0 aromatic carbocycles. The van der Waals surface area contributed by atoms with Crippen LogP contribution in [-0.4, -0.2) is 26.0 Å². The molecule has 2 N–H and O–H groups in total. The summed E-state index contributed by atoms with van der Waals surface area (Å²) in [6.45, 7) is 5.86. The largest absolute Gasteiger partial charge is 0.391 e. The Morgan fingerprint density at radius 2 is 2.15 bits per heavy atom. The summed E-state index contributed by atoms with van der Waals surface area (Å²) < 4.78 is 2.17. The molecule has 0 saturated carbocycles.